The van der Waals surface area contributed by atoms with Crippen LogP contribution in [0.3, 0.4) is 0 Å². The number of carbonyl (C=O) groups is 2. The first-order valence-electron chi connectivity index (χ1n) is 10.1. The molecule has 3 aromatic rings. The summed E-state index contributed by atoms with van der Waals surface area (Å²) in [6.45, 7) is 4.30. The minimum absolute atomic E-state index is 0.0602. The van der Waals surface area contributed by atoms with Gasteiger partial charge in [-0.3, -0.25) is 4.79 Å². The van der Waals surface area contributed by atoms with Crippen molar-refractivity contribution in [3.63, 3.8) is 0 Å². The standard InChI is InChI=1S/C24H26N2O4S/c1-17-7-9-19(10-8-17)11-12-23(27)25-13-14-29-24(28)21-5-3-4-6-22(21)31-16-20-15-18(2)26-30-20/h3-10,15H,11-14,16H2,1-2H3,(H,25,27). The summed E-state index contributed by atoms with van der Waals surface area (Å²) in [6, 6.07) is 17.3. The molecule has 31 heavy (non-hydrogen) atoms. The topological polar surface area (TPSA) is 81.4 Å². The van der Waals surface area contributed by atoms with E-state index in [9.17, 15) is 9.59 Å². The first kappa shape index (κ1) is 22.6. The minimum atomic E-state index is -0.411. The zero-order valence-corrected chi connectivity index (χ0v) is 18.5. The molecule has 0 saturated heterocycles. The fourth-order valence-electron chi connectivity index (χ4n) is 2.91. The van der Waals surface area contributed by atoms with Crippen LogP contribution in [0.1, 0.15) is 39.4 Å². The van der Waals surface area contributed by atoms with Gasteiger partial charge in [0.1, 0.15) is 12.4 Å². The van der Waals surface area contributed by atoms with E-state index in [0.717, 1.165) is 21.9 Å². The van der Waals surface area contributed by atoms with Crippen LogP contribution in [-0.4, -0.2) is 30.2 Å². The molecule has 0 aliphatic carbocycles. The third-order valence-electron chi connectivity index (χ3n) is 4.57. The number of hydrogen-bond donors (Lipinski definition) is 1. The summed E-state index contributed by atoms with van der Waals surface area (Å²) in [7, 11) is 0. The van der Waals surface area contributed by atoms with Gasteiger partial charge in [-0.25, -0.2) is 4.79 Å². The van der Waals surface area contributed by atoms with E-state index < -0.39 is 5.97 Å². The lowest BCUT2D eigenvalue weighted by molar-refractivity contribution is -0.121. The van der Waals surface area contributed by atoms with Crippen molar-refractivity contribution in [2.45, 2.75) is 37.3 Å². The molecule has 0 unspecified atom stereocenters. The zero-order chi connectivity index (χ0) is 22.1. The third kappa shape index (κ3) is 7.29. The summed E-state index contributed by atoms with van der Waals surface area (Å²) in [5.41, 5.74) is 3.64. The van der Waals surface area contributed by atoms with E-state index in [2.05, 4.69) is 10.5 Å². The number of ether oxygens (including phenoxy) is 1. The van der Waals surface area contributed by atoms with Gasteiger partial charge in [-0.2, -0.15) is 0 Å². The van der Waals surface area contributed by atoms with Gasteiger partial charge in [0, 0.05) is 17.4 Å². The second kappa shape index (κ2) is 11.4. The fourth-order valence-corrected chi connectivity index (χ4v) is 3.82. The number of esters is 1. The summed E-state index contributed by atoms with van der Waals surface area (Å²) in [6.07, 6.45) is 1.08. The van der Waals surface area contributed by atoms with Gasteiger partial charge in [0.15, 0.2) is 0 Å². The highest BCUT2D eigenvalue weighted by atomic mass is 32.2. The molecule has 0 atom stereocenters. The van der Waals surface area contributed by atoms with Crippen LogP contribution >= 0.6 is 11.8 Å². The number of carbonyl (C=O) groups excluding carboxylic acids is 2. The number of benzene rings is 2. The maximum Gasteiger partial charge on any atom is 0.339 e. The van der Waals surface area contributed by atoms with Crippen LogP contribution in [0, 0.1) is 13.8 Å². The monoisotopic (exact) mass is 438 g/mol. The number of aryl methyl sites for hydroxylation is 3. The Morgan fingerprint density at radius 1 is 1.10 bits per heavy atom. The molecule has 0 radical (unpaired) electrons. The lowest BCUT2D eigenvalue weighted by Crippen LogP contribution is -2.28. The quantitative estimate of drug-likeness (QED) is 0.285. The van der Waals surface area contributed by atoms with Crippen LogP contribution in [0.15, 0.2) is 64.0 Å². The molecule has 6 nitrogen and oxygen atoms in total. The molecule has 1 amide bonds. The van der Waals surface area contributed by atoms with Crippen LogP contribution in [0.4, 0.5) is 0 Å². The molecule has 3 rings (SSSR count). The number of rotatable bonds is 10. The lowest BCUT2D eigenvalue weighted by atomic mass is 10.1. The fraction of sp³-hybridized carbons (Fsp3) is 0.292. The van der Waals surface area contributed by atoms with Gasteiger partial charge in [0.2, 0.25) is 5.91 Å². The summed E-state index contributed by atoms with van der Waals surface area (Å²) < 4.78 is 10.6. The highest BCUT2D eigenvalue weighted by molar-refractivity contribution is 7.98. The molecule has 1 N–H and O–H groups in total. The van der Waals surface area contributed by atoms with Crippen molar-refractivity contribution in [1.82, 2.24) is 10.5 Å². The molecule has 0 saturated carbocycles. The Kier molecular flexibility index (Phi) is 8.29. The first-order chi connectivity index (χ1) is 15.0. The van der Waals surface area contributed by atoms with Gasteiger partial charge < -0.3 is 14.6 Å². The summed E-state index contributed by atoms with van der Waals surface area (Å²) >= 11 is 1.49. The Balaban J connectivity index is 1.40. The van der Waals surface area contributed by atoms with E-state index >= 15 is 0 Å². The van der Waals surface area contributed by atoms with Crippen molar-refractivity contribution in [2.75, 3.05) is 13.2 Å². The third-order valence-corrected chi connectivity index (χ3v) is 5.67. The zero-order valence-electron chi connectivity index (χ0n) is 17.7. The average molecular weight is 439 g/mol. The number of aromatic nitrogens is 1. The summed E-state index contributed by atoms with van der Waals surface area (Å²) in [5.74, 6) is 0.849. The predicted molar refractivity (Wildman–Crippen MR) is 120 cm³/mol. The number of hydrogen-bond acceptors (Lipinski definition) is 6. The Morgan fingerprint density at radius 3 is 2.61 bits per heavy atom. The van der Waals surface area contributed by atoms with E-state index in [-0.39, 0.29) is 19.1 Å². The van der Waals surface area contributed by atoms with Crippen molar-refractivity contribution in [3.8, 4) is 0 Å². The molecule has 0 fully saturated rings. The van der Waals surface area contributed by atoms with Gasteiger partial charge in [-0.05, 0) is 38.0 Å². The van der Waals surface area contributed by atoms with Crippen molar-refractivity contribution in [1.29, 1.82) is 0 Å². The summed E-state index contributed by atoms with van der Waals surface area (Å²) in [4.78, 5) is 25.3. The number of nitrogens with one attached hydrogen (secondary N) is 1. The Labute approximate surface area is 186 Å². The van der Waals surface area contributed by atoms with Gasteiger partial charge in [-0.1, -0.05) is 47.1 Å². The largest absolute Gasteiger partial charge is 0.460 e. The molecule has 0 bridgehead atoms. The molecular weight excluding hydrogens is 412 g/mol. The SMILES string of the molecule is Cc1ccc(CCC(=O)NCCOC(=O)c2ccccc2SCc2cc(C)no2)cc1. The highest BCUT2D eigenvalue weighted by Gasteiger charge is 2.14. The molecule has 0 aliphatic rings. The van der Waals surface area contributed by atoms with Crippen LogP contribution in [0.5, 0.6) is 0 Å². The minimum Gasteiger partial charge on any atom is -0.460 e. The number of nitrogens with zero attached hydrogens (tertiary/aromatic N) is 1. The van der Waals surface area contributed by atoms with Crippen LogP contribution in [-0.2, 0) is 21.7 Å². The van der Waals surface area contributed by atoms with E-state index in [4.69, 9.17) is 9.26 Å². The summed E-state index contributed by atoms with van der Waals surface area (Å²) in [5, 5.41) is 6.66. The van der Waals surface area contributed by atoms with Crippen molar-refractivity contribution in [2.24, 2.45) is 0 Å². The Hall–Kier alpha value is -3.06. The predicted octanol–water partition coefficient (Wildman–Crippen LogP) is 4.49. The van der Waals surface area contributed by atoms with E-state index in [1.807, 2.05) is 56.3 Å². The smallest absolute Gasteiger partial charge is 0.339 e. The molecule has 7 heteroatoms. The van der Waals surface area contributed by atoms with E-state index in [1.54, 1.807) is 12.1 Å². The normalized spacial score (nSPS) is 10.6. The number of thioether (sulfide) groups is 1. The maximum atomic E-state index is 12.5. The van der Waals surface area contributed by atoms with Crippen LogP contribution < -0.4 is 5.32 Å². The average Bonchev–Trinajstić information content (AvgIpc) is 3.20. The molecule has 1 heterocycles. The molecule has 2 aromatic carbocycles. The van der Waals surface area contributed by atoms with Gasteiger partial charge in [0.05, 0.1) is 23.6 Å². The Morgan fingerprint density at radius 2 is 1.87 bits per heavy atom. The van der Waals surface area contributed by atoms with Gasteiger partial charge in [-0.15, -0.1) is 11.8 Å². The second-order valence-corrected chi connectivity index (χ2v) is 8.21. The maximum absolute atomic E-state index is 12.5. The van der Waals surface area contributed by atoms with E-state index in [0.29, 0.717) is 24.2 Å². The molecular formula is C24H26N2O4S. The van der Waals surface area contributed by atoms with E-state index in [1.165, 1.54) is 17.3 Å². The molecule has 162 valence electrons. The van der Waals surface area contributed by atoms with Crippen LogP contribution in [0.2, 0.25) is 0 Å². The van der Waals surface area contributed by atoms with Crippen molar-refractivity contribution < 1.29 is 18.8 Å². The molecule has 0 aliphatic heterocycles. The lowest BCUT2D eigenvalue weighted by Gasteiger charge is -2.10. The van der Waals surface area contributed by atoms with Gasteiger partial charge in [0.25, 0.3) is 0 Å². The second-order valence-electron chi connectivity index (χ2n) is 7.19. The van der Waals surface area contributed by atoms with Crippen LogP contribution in [0.25, 0.3) is 0 Å². The molecule has 0 spiro atoms. The first-order valence-corrected chi connectivity index (χ1v) is 11.1. The number of amides is 1. The molecule has 1 aromatic heterocycles. The highest BCUT2D eigenvalue weighted by Crippen LogP contribution is 2.27. The van der Waals surface area contributed by atoms with Crippen molar-refractivity contribution >= 4 is 23.6 Å². The van der Waals surface area contributed by atoms with Gasteiger partial charge >= 0.3 is 5.97 Å². The van der Waals surface area contributed by atoms with Crippen molar-refractivity contribution in [3.05, 3.63) is 82.7 Å². The Bertz CT molecular complexity index is 1010.